The Kier molecular flexibility index (Phi) is 3.88. The highest BCUT2D eigenvalue weighted by atomic mass is 19.4. The van der Waals surface area contributed by atoms with Crippen molar-refractivity contribution in [2.45, 2.75) is 12.3 Å². The molecule has 1 aromatic rings. The number of hydrogen-bond acceptors (Lipinski definition) is 5. The van der Waals surface area contributed by atoms with Crippen molar-refractivity contribution in [3.63, 3.8) is 0 Å². The first-order chi connectivity index (χ1) is 7.43. The van der Waals surface area contributed by atoms with Crippen molar-refractivity contribution in [2.75, 3.05) is 24.2 Å². The van der Waals surface area contributed by atoms with Crippen LogP contribution in [0, 0.1) is 0 Å². The molecule has 8 heteroatoms. The summed E-state index contributed by atoms with van der Waals surface area (Å²) in [6, 6.07) is 0. The zero-order chi connectivity index (χ0) is 12.2. The molecule has 0 fully saturated rings. The van der Waals surface area contributed by atoms with Crippen LogP contribution in [0.15, 0.2) is 12.4 Å². The van der Waals surface area contributed by atoms with Gasteiger partial charge < -0.3 is 15.7 Å². The Morgan fingerprint density at radius 1 is 1.38 bits per heavy atom. The van der Waals surface area contributed by atoms with E-state index >= 15 is 0 Å². The molecule has 0 radical (unpaired) electrons. The zero-order valence-electron chi connectivity index (χ0n) is 8.41. The van der Waals surface area contributed by atoms with Crippen LogP contribution in [0.25, 0.3) is 0 Å². The molecule has 0 aliphatic heterocycles. The Labute approximate surface area is 89.7 Å². The molecule has 0 saturated carbocycles. The molecule has 0 amide bonds. The first-order valence-corrected chi connectivity index (χ1v) is 4.42. The van der Waals surface area contributed by atoms with Gasteiger partial charge in [0.2, 0.25) is 0 Å². The Balaban J connectivity index is 2.54. The number of nitrogens with one attached hydrogen (secondary N) is 2. The highest BCUT2D eigenvalue weighted by Crippen LogP contribution is 2.20. The van der Waals surface area contributed by atoms with Gasteiger partial charge in [-0.15, -0.1) is 0 Å². The van der Waals surface area contributed by atoms with Crippen molar-refractivity contribution in [1.82, 2.24) is 9.97 Å². The quantitative estimate of drug-likeness (QED) is 0.723. The van der Waals surface area contributed by atoms with Crippen LogP contribution in [0.4, 0.5) is 24.8 Å². The molecule has 0 aromatic carbocycles. The first-order valence-electron chi connectivity index (χ1n) is 4.42. The van der Waals surface area contributed by atoms with E-state index in [9.17, 15) is 13.2 Å². The molecule has 1 atom stereocenters. The summed E-state index contributed by atoms with van der Waals surface area (Å²) in [5, 5.41) is 13.8. The molecule has 0 saturated heterocycles. The molecule has 1 heterocycles. The highest BCUT2D eigenvalue weighted by Gasteiger charge is 2.37. The summed E-state index contributed by atoms with van der Waals surface area (Å²) < 4.78 is 35.9. The topological polar surface area (TPSA) is 70.1 Å². The summed E-state index contributed by atoms with van der Waals surface area (Å²) in [5.74, 6) is 0.585. The standard InChI is InChI=1S/C8H11F3N4O/c1-12-6-3-13-4-7(15-6)14-2-5(16)8(9,10)11/h3-5,16H,2H2,1H3,(H2,12,14,15). The van der Waals surface area contributed by atoms with E-state index in [4.69, 9.17) is 5.11 Å². The van der Waals surface area contributed by atoms with Gasteiger partial charge in [-0.2, -0.15) is 13.2 Å². The SMILES string of the molecule is CNc1cncc(NCC(O)C(F)(F)F)n1. The summed E-state index contributed by atoms with van der Waals surface area (Å²) in [6.45, 7) is -0.661. The third-order valence-corrected chi connectivity index (χ3v) is 1.75. The zero-order valence-corrected chi connectivity index (χ0v) is 8.41. The maximum atomic E-state index is 12.0. The predicted octanol–water partition coefficient (Wildman–Crippen LogP) is 0.853. The van der Waals surface area contributed by atoms with Gasteiger partial charge >= 0.3 is 6.18 Å². The fourth-order valence-corrected chi connectivity index (χ4v) is 0.889. The van der Waals surface area contributed by atoms with Crippen molar-refractivity contribution in [1.29, 1.82) is 0 Å². The lowest BCUT2D eigenvalue weighted by atomic mass is 10.3. The van der Waals surface area contributed by atoms with Gasteiger partial charge in [0.25, 0.3) is 0 Å². The van der Waals surface area contributed by atoms with Crippen LogP contribution in [0.1, 0.15) is 0 Å². The van der Waals surface area contributed by atoms with Crippen LogP contribution in [0.2, 0.25) is 0 Å². The van der Waals surface area contributed by atoms with E-state index in [0.29, 0.717) is 5.82 Å². The van der Waals surface area contributed by atoms with Gasteiger partial charge in [0.05, 0.1) is 18.9 Å². The van der Waals surface area contributed by atoms with E-state index in [-0.39, 0.29) is 5.82 Å². The van der Waals surface area contributed by atoms with Crippen LogP contribution in [0.3, 0.4) is 0 Å². The fraction of sp³-hybridized carbons (Fsp3) is 0.500. The molecule has 1 rings (SSSR count). The highest BCUT2D eigenvalue weighted by molar-refractivity contribution is 5.40. The summed E-state index contributed by atoms with van der Waals surface area (Å²) >= 11 is 0. The lowest BCUT2D eigenvalue weighted by molar-refractivity contribution is -0.198. The number of aromatic nitrogens is 2. The third-order valence-electron chi connectivity index (χ3n) is 1.75. The minimum Gasteiger partial charge on any atom is -0.382 e. The van der Waals surface area contributed by atoms with E-state index < -0.39 is 18.8 Å². The van der Waals surface area contributed by atoms with E-state index in [2.05, 4.69) is 20.6 Å². The van der Waals surface area contributed by atoms with Crippen molar-refractivity contribution in [3.05, 3.63) is 12.4 Å². The van der Waals surface area contributed by atoms with E-state index in [1.54, 1.807) is 7.05 Å². The number of rotatable bonds is 4. The smallest absolute Gasteiger partial charge is 0.382 e. The Morgan fingerprint density at radius 2 is 2.00 bits per heavy atom. The molecule has 0 bridgehead atoms. The molecule has 90 valence electrons. The van der Waals surface area contributed by atoms with Crippen molar-refractivity contribution < 1.29 is 18.3 Å². The maximum Gasteiger partial charge on any atom is 0.416 e. The number of nitrogens with zero attached hydrogens (tertiary/aromatic N) is 2. The number of hydrogen-bond donors (Lipinski definition) is 3. The number of alkyl halides is 3. The van der Waals surface area contributed by atoms with Crippen molar-refractivity contribution in [3.8, 4) is 0 Å². The van der Waals surface area contributed by atoms with Gasteiger partial charge in [-0.1, -0.05) is 0 Å². The lowest BCUT2D eigenvalue weighted by Crippen LogP contribution is -2.35. The first kappa shape index (κ1) is 12.5. The average Bonchev–Trinajstić information content (AvgIpc) is 2.25. The van der Waals surface area contributed by atoms with Gasteiger partial charge in [0.15, 0.2) is 6.10 Å². The van der Waals surface area contributed by atoms with Crippen LogP contribution in [0.5, 0.6) is 0 Å². The monoisotopic (exact) mass is 236 g/mol. The fourth-order valence-electron chi connectivity index (χ4n) is 0.889. The molecule has 1 unspecified atom stereocenters. The number of anilines is 2. The van der Waals surface area contributed by atoms with E-state index in [0.717, 1.165) is 0 Å². The van der Waals surface area contributed by atoms with Crippen molar-refractivity contribution >= 4 is 11.6 Å². The second-order valence-corrected chi connectivity index (χ2v) is 2.98. The largest absolute Gasteiger partial charge is 0.416 e. The predicted molar refractivity (Wildman–Crippen MR) is 52.1 cm³/mol. The van der Waals surface area contributed by atoms with Crippen molar-refractivity contribution in [2.24, 2.45) is 0 Å². The Morgan fingerprint density at radius 3 is 2.56 bits per heavy atom. The molecule has 5 nitrogen and oxygen atoms in total. The summed E-state index contributed by atoms with van der Waals surface area (Å²) in [5.41, 5.74) is 0. The molecule has 16 heavy (non-hydrogen) atoms. The van der Waals surface area contributed by atoms with Crippen LogP contribution in [-0.2, 0) is 0 Å². The number of halogens is 3. The number of aliphatic hydroxyl groups excluding tert-OH is 1. The molecule has 0 spiro atoms. The summed E-state index contributed by atoms with van der Waals surface area (Å²) in [6.07, 6.45) is -4.37. The van der Waals surface area contributed by atoms with Gasteiger partial charge in [-0.3, -0.25) is 4.98 Å². The molecule has 0 aliphatic carbocycles. The average molecular weight is 236 g/mol. The second kappa shape index (κ2) is 4.97. The Hall–Kier alpha value is -1.57. The number of aliphatic hydroxyl groups is 1. The molecule has 0 aliphatic rings. The molecular weight excluding hydrogens is 225 g/mol. The molecule has 3 N–H and O–H groups in total. The minimum absolute atomic E-state index is 0.162. The van der Waals surface area contributed by atoms with Gasteiger partial charge in [0.1, 0.15) is 11.6 Å². The van der Waals surface area contributed by atoms with Crippen LogP contribution in [-0.4, -0.2) is 40.9 Å². The summed E-state index contributed by atoms with van der Waals surface area (Å²) in [7, 11) is 1.61. The van der Waals surface area contributed by atoms with Gasteiger partial charge in [-0.05, 0) is 0 Å². The van der Waals surface area contributed by atoms with Crippen LogP contribution >= 0.6 is 0 Å². The summed E-state index contributed by atoms with van der Waals surface area (Å²) in [4.78, 5) is 7.63. The van der Waals surface area contributed by atoms with Gasteiger partial charge in [0, 0.05) is 7.05 Å². The third kappa shape index (κ3) is 3.54. The molecular formula is C8H11F3N4O. The second-order valence-electron chi connectivity index (χ2n) is 2.98. The van der Waals surface area contributed by atoms with E-state index in [1.807, 2.05) is 0 Å². The minimum atomic E-state index is -4.64. The Bertz CT molecular complexity index is 344. The van der Waals surface area contributed by atoms with Crippen LogP contribution < -0.4 is 10.6 Å². The van der Waals surface area contributed by atoms with E-state index in [1.165, 1.54) is 12.4 Å². The van der Waals surface area contributed by atoms with Gasteiger partial charge in [-0.25, -0.2) is 4.98 Å². The molecule has 1 aromatic heterocycles. The maximum absolute atomic E-state index is 12.0. The lowest BCUT2D eigenvalue weighted by Gasteiger charge is -2.15. The normalized spacial score (nSPS) is 13.3.